The number of ether oxygens (including phenoxy) is 2. The number of hydrogen-bond donors (Lipinski definition) is 1. The normalized spacial score (nSPS) is 11.0. The van der Waals surface area contributed by atoms with E-state index in [0.717, 1.165) is 21.3 Å². The van der Waals surface area contributed by atoms with Crippen LogP contribution in [0.4, 0.5) is 5.69 Å². The molecule has 2 heterocycles. The Kier molecular flexibility index (Phi) is 6.01. The highest BCUT2D eigenvalue weighted by molar-refractivity contribution is 9.10. The number of nitrogens with one attached hydrogen (secondary N) is 1. The molecule has 4 rings (SSSR count). The van der Waals surface area contributed by atoms with Crippen molar-refractivity contribution in [2.24, 2.45) is 0 Å². The number of hydrogen-bond acceptors (Lipinski definition) is 5. The van der Waals surface area contributed by atoms with Gasteiger partial charge in [-0.2, -0.15) is 5.10 Å². The summed E-state index contributed by atoms with van der Waals surface area (Å²) >= 11 is 3.47. The molecule has 158 valence electrons. The minimum atomic E-state index is -0.287. The first-order valence-electron chi connectivity index (χ1n) is 9.60. The van der Waals surface area contributed by atoms with Crippen LogP contribution in [0.15, 0.2) is 59.2 Å². The van der Waals surface area contributed by atoms with Crippen molar-refractivity contribution in [2.75, 3.05) is 19.5 Å². The number of carbonyl (C=O) groups is 1. The number of para-hydroxylation sites is 2. The molecule has 1 amide bonds. The summed E-state index contributed by atoms with van der Waals surface area (Å²) in [4.78, 5) is 17.6. The standard InChI is InChI=1S/C23H21BrN4O3/c1-14-17(23(29)26-18-6-4-5-7-20(18)31-3)12-25-22-21(15-8-10-16(24)11-9-15)19(13-30-2)27-28(14)22/h4-12H,13H2,1-3H3,(H,26,29). The Morgan fingerprint density at radius 3 is 2.58 bits per heavy atom. The summed E-state index contributed by atoms with van der Waals surface area (Å²) in [7, 11) is 3.19. The van der Waals surface area contributed by atoms with Gasteiger partial charge in [-0.25, -0.2) is 9.50 Å². The molecule has 2 aromatic heterocycles. The number of benzene rings is 2. The Balaban J connectivity index is 1.78. The summed E-state index contributed by atoms with van der Waals surface area (Å²) < 4.78 is 13.4. The summed E-state index contributed by atoms with van der Waals surface area (Å²) in [6, 6.07) is 15.2. The number of anilines is 1. The maximum absolute atomic E-state index is 13.0. The van der Waals surface area contributed by atoms with E-state index >= 15 is 0 Å². The van der Waals surface area contributed by atoms with Gasteiger partial charge in [0.2, 0.25) is 0 Å². The smallest absolute Gasteiger partial charge is 0.259 e. The number of fused-ring (bicyclic) bond motifs is 1. The number of nitrogens with zero attached hydrogens (tertiary/aromatic N) is 3. The summed E-state index contributed by atoms with van der Waals surface area (Å²) in [5.74, 6) is 0.298. The van der Waals surface area contributed by atoms with Crippen molar-refractivity contribution < 1.29 is 14.3 Å². The number of rotatable bonds is 6. The van der Waals surface area contributed by atoms with Crippen molar-refractivity contribution in [3.63, 3.8) is 0 Å². The monoisotopic (exact) mass is 480 g/mol. The van der Waals surface area contributed by atoms with Gasteiger partial charge in [0.15, 0.2) is 5.65 Å². The van der Waals surface area contributed by atoms with Crippen LogP contribution in [-0.4, -0.2) is 34.7 Å². The molecule has 0 aliphatic rings. The van der Waals surface area contributed by atoms with Crippen molar-refractivity contribution in [1.82, 2.24) is 14.6 Å². The highest BCUT2D eigenvalue weighted by atomic mass is 79.9. The van der Waals surface area contributed by atoms with Gasteiger partial charge in [0, 0.05) is 17.8 Å². The summed E-state index contributed by atoms with van der Waals surface area (Å²) in [6.07, 6.45) is 1.58. The van der Waals surface area contributed by atoms with Crippen LogP contribution in [0.25, 0.3) is 16.8 Å². The Hall–Kier alpha value is -3.23. The van der Waals surface area contributed by atoms with Crippen LogP contribution in [0.5, 0.6) is 5.75 Å². The van der Waals surface area contributed by atoms with E-state index in [1.165, 1.54) is 0 Å². The van der Waals surface area contributed by atoms with Gasteiger partial charge in [-0.15, -0.1) is 0 Å². The fourth-order valence-corrected chi connectivity index (χ4v) is 3.71. The molecule has 2 aromatic carbocycles. The second kappa shape index (κ2) is 8.87. The van der Waals surface area contributed by atoms with Crippen LogP contribution in [0, 0.1) is 6.92 Å². The van der Waals surface area contributed by atoms with Crippen LogP contribution >= 0.6 is 15.9 Å². The number of methoxy groups -OCH3 is 2. The predicted octanol–water partition coefficient (Wildman–Crippen LogP) is 4.87. The zero-order chi connectivity index (χ0) is 22.0. The van der Waals surface area contributed by atoms with E-state index < -0.39 is 0 Å². The van der Waals surface area contributed by atoms with E-state index in [0.29, 0.717) is 34.9 Å². The molecule has 0 radical (unpaired) electrons. The lowest BCUT2D eigenvalue weighted by Crippen LogP contribution is -2.16. The molecule has 0 spiro atoms. The lowest BCUT2D eigenvalue weighted by atomic mass is 10.1. The van der Waals surface area contributed by atoms with Crippen LogP contribution in [0.2, 0.25) is 0 Å². The number of aryl methyl sites for hydroxylation is 1. The molecule has 8 heteroatoms. The lowest BCUT2D eigenvalue weighted by molar-refractivity contribution is 0.102. The Labute approximate surface area is 188 Å². The quantitative estimate of drug-likeness (QED) is 0.425. The molecule has 0 saturated heterocycles. The summed E-state index contributed by atoms with van der Waals surface area (Å²) in [6.45, 7) is 2.18. The maximum atomic E-state index is 13.0. The van der Waals surface area contributed by atoms with Gasteiger partial charge in [0.05, 0.1) is 41.9 Å². The molecule has 7 nitrogen and oxygen atoms in total. The Morgan fingerprint density at radius 2 is 1.87 bits per heavy atom. The number of halogens is 1. The van der Waals surface area contributed by atoms with Crippen molar-refractivity contribution in [1.29, 1.82) is 0 Å². The number of aromatic nitrogens is 3. The highest BCUT2D eigenvalue weighted by Crippen LogP contribution is 2.30. The second-order valence-corrected chi connectivity index (χ2v) is 7.82. The minimum absolute atomic E-state index is 0.287. The van der Waals surface area contributed by atoms with Crippen LogP contribution in [0.1, 0.15) is 21.7 Å². The lowest BCUT2D eigenvalue weighted by Gasteiger charge is -2.11. The summed E-state index contributed by atoms with van der Waals surface area (Å²) in [5, 5.41) is 7.59. The topological polar surface area (TPSA) is 77.8 Å². The first-order chi connectivity index (χ1) is 15.0. The SMILES string of the molecule is COCc1nn2c(C)c(C(=O)Nc3ccccc3OC)cnc2c1-c1ccc(Br)cc1. The number of amides is 1. The second-order valence-electron chi connectivity index (χ2n) is 6.91. The highest BCUT2D eigenvalue weighted by Gasteiger charge is 2.21. The van der Waals surface area contributed by atoms with E-state index in [1.807, 2.05) is 43.3 Å². The van der Waals surface area contributed by atoms with Gasteiger partial charge in [0.25, 0.3) is 5.91 Å². The van der Waals surface area contributed by atoms with E-state index in [2.05, 4.69) is 26.2 Å². The van der Waals surface area contributed by atoms with E-state index in [9.17, 15) is 4.79 Å². The Morgan fingerprint density at radius 1 is 1.13 bits per heavy atom. The van der Waals surface area contributed by atoms with Crippen molar-refractivity contribution in [3.8, 4) is 16.9 Å². The Bertz CT molecular complexity index is 1250. The molecule has 0 aliphatic carbocycles. The third-order valence-corrected chi connectivity index (χ3v) is 5.50. The average Bonchev–Trinajstić information content (AvgIpc) is 3.14. The van der Waals surface area contributed by atoms with Gasteiger partial charge >= 0.3 is 0 Å². The fourth-order valence-electron chi connectivity index (χ4n) is 3.45. The maximum Gasteiger partial charge on any atom is 0.259 e. The van der Waals surface area contributed by atoms with Gasteiger partial charge in [-0.1, -0.05) is 40.2 Å². The first-order valence-corrected chi connectivity index (χ1v) is 10.4. The molecule has 1 N–H and O–H groups in total. The van der Waals surface area contributed by atoms with E-state index in [-0.39, 0.29) is 5.91 Å². The zero-order valence-corrected chi connectivity index (χ0v) is 18.9. The predicted molar refractivity (Wildman–Crippen MR) is 123 cm³/mol. The average molecular weight is 481 g/mol. The van der Waals surface area contributed by atoms with Crippen LogP contribution in [-0.2, 0) is 11.3 Å². The molecule has 0 saturated carbocycles. The molecule has 4 aromatic rings. The fraction of sp³-hybridized carbons (Fsp3) is 0.174. The van der Waals surface area contributed by atoms with Crippen LogP contribution < -0.4 is 10.1 Å². The third kappa shape index (κ3) is 4.04. The molecule has 31 heavy (non-hydrogen) atoms. The zero-order valence-electron chi connectivity index (χ0n) is 17.3. The molecule has 0 unspecified atom stereocenters. The molecule has 0 bridgehead atoms. The molecular formula is C23H21BrN4O3. The summed E-state index contributed by atoms with van der Waals surface area (Å²) in [5.41, 5.74) is 4.97. The van der Waals surface area contributed by atoms with Gasteiger partial charge in [-0.05, 0) is 36.8 Å². The molecular weight excluding hydrogens is 460 g/mol. The largest absolute Gasteiger partial charge is 0.495 e. The molecule has 0 atom stereocenters. The van der Waals surface area contributed by atoms with Gasteiger partial charge in [0.1, 0.15) is 5.75 Å². The van der Waals surface area contributed by atoms with E-state index in [1.54, 1.807) is 37.1 Å². The van der Waals surface area contributed by atoms with Crippen molar-refractivity contribution in [3.05, 3.63) is 76.2 Å². The van der Waals surface area contributed by atoms with Crippen molar-refractivity contribution >= 4 is 33.2 Å². The number of carbonyl (C=O) groups excluding carboxylic acids is 1. The minimum Gasteiger partial charge on any atom is -0.495 e. The van der Waals surface area contributed by atoms with E-state index in [4.69, 9.17) is 14.6 Å². The van der Waals surface area contributed by atoms with Gasteiger partial charge < -0.3 is 14.8 Å². The molecule has 0 aliphatic heterocycles. The van der Waals surface area contributed by atoms with Crippen molar-refractivity contribution in [2.45, 2.75) is 13.5 Å². The van der Waals surface area contributed by atoms with Gasteiger partial charge in [-0.3, -0.25) is 4.79 Å². The van der Waals surface area contributed by atoms with Crippen LogP contribution in [0.3, 0.4) is 0 Å². The first kappa shape index (κ1) is 21.0. The molecule has 0 fully saturated rings. The third-order valence-electron chi connectivity index (χ3n) is 4.97.